The van der Waals surface area contributed by atoms with Crippen molar-refractivity contribution in [2.75, 3.05) is 18.5 Å². The summed E-state index contributed by atoms with van der Waals surface area (Å²) in [4.78, 5) is 13.0. The maximum absolute atomic E-state index is 11.7. The van der Waals surface area contributed by atoms with Crippen LogP contribution < -0.4 is 10.1 Å². The lowest BCUT2D eigenvalue weighted by molar-refractivity contribution is -0.145. The third-order valence-electron chi connectivity index (χ3n) is 5.60. The smallest absolute Gasteiger partial charge is 0.344 e. The van der Waals surface area contributed by atoms with E-state index in [1.165, 1.54) is 17.8 Å². The van der Waals surface area contributed by atoms with Crippen molar-refractivity contribution in [3.8, 4) is 22.3 Å². The van der Waals surface area contributed by atoms with Crippen LogP contribution in [-0.4, -0.2) is 25.2 Å². The predicted octanol–water partition coefficient (Wildman–Crippen LogP) is 7.01. The Bertz CT molecular complexity index is 1010. The minimum absolute atomic E-state index is 0.230. The number of benzene rings is 1. The molecule has 32 heavy (non-hydrogen) atoms. The van der Waals surface area contributed by atoms with Crippen LogP contribution in [0.4, 0.5) is 5.69 Å². The zero-order valence-electron chi connectivity index (χ0n) is 19.4. The molecule has 0 aliphatic heterocycles. The molecule has 0 atom stereocenters. The van der Waals surface area contributed by atoms with Crippen LogP contribution in [0.3, 0.4) is 0 Å². The Morgan fingerprint density at radius 2 is 1.97 bits per heavy atom. The van der Waals surface area contributed by atoms with E-state index >= 15 is 0 Å². The first-order valence-corrected chi connectivity index (χ1v) is 12.5. The van der Waals surface area contributed by atoms with Gasteiger partial charge in [0.25, 0.3) is 0 Å². The number of halogens is 1. The SMILES string of the molecule is CCOC(=O)COc1c(C#N)sc(-c2cccc(NC3CC(C)(C)CC(C)(C)C3)c2)c1Br. The summed E-state index contributed by atoms with van der Waals surface area (Å²) in [7, 11) is 0. The number of carbonyl (C=O) groups excluding carboxylic acids is 1. The fraction of sp³-hybridized carbons (Fsp3) is 0.520. The van der Waals surface area contributed by atoms with Crippen LogP contribution in [0.5, 0.6) is 5.75 Å². The number of anilines is 1. The molecule has 2 aromatic rings. The minimum Gasteiger partial charge on any atom is -0.478 e. The fourth-order valence-corrected chi connectivity index (χ4v) is 6.90. The first kappa shape index (κ1) is 24.6. The molecule has 1 N–H and O–H groups in total. The van der Waals surface area contributed by atoms with Gasteiger partial charge in [0.2, 0.25) is 0 Å². The molecular formula is C25H31BrN2O3S. The largest absolute Gasteiger partial charge is 0.478 e. The number of nitriles is 1. The van der Waals surface area contributed by atoms with Crippen molar-refractivity contribution < 1.29 is 14.3 Å². The molecule has 0 unspecified atom stereocenters. The van der Waals surface area contributed by atoms with Crippen LogP contribution in [-0.2, 0) is 9.53 Å². The van der Waals surface area contributed by atoms with Gasteiger partial charge in [-0.15, -0.1) is 11.3 Å². The van der Waals surface area contributed by atoms with Crippen LogP contribution in [0.25, 0.3) is 10.4 Å². The van der Waals surface area contributed by atoms with Crippen LogP contribution >= 0.6 is 27.3 Å². The highest BCUT2D eigenvalue weighted by Crippen LogP contribution is 2.48. The zero-order valence-corrected chi connectivity index (χ0v) is 21.8. The van der Waals surface area contributed by atoms with E-state index in [1.807, 2.05) is 12.1 Å². The van der Waals surface area contributed by atoms with Crippen molar-refractivity contribution >= 4 is 38.9 Å². The number of nitrogens with zero attached hydrogens (tertiary/aromatic N) is 1. The Balaban J connectivity index is 1.82. The van der Waals surface area contributed by atoms with Crippen LogP contribution in [0.15, 0.2) is 28.7 Å². The normalized spacial score (nSPS) is 17.4. The molecule has 5 nitrogen and oxygen atoms in total. The highest BCUT2D eigenvalue weighted by atomic mass is 79.9. The Morgan fingerprint density at radius 3 is 2.59 bits per heavy atom. The molecule has 1 aliphatic rings. The molecule has 0 saturated heterocycles. The monoisotopic (exact) mass is 518 g/mol. The summed E-state index contributed by atoms with van der Waals surface area (Å²) in [5, 5.41) is 13.3. The summed E-state index contributed by atoms with van der Waals surface area (Å²) >= 11 is 4.93. The molecule has 1 aromatic carbocycles. The second-order valence-corrected chi connectivity index (χ2v) is 11.8. The highest BCUT2D eigenvalue weighted by Gasteiger charge is 2.38. The second-order valence-electron chi connectivity index (χ2n) is 9.94. The molecule has 0 spiro atoms. The first-order chi connectivity index (χ1) is 15.0. The van der Waals surface area contributed by atoms with Gasteiger partial charge in [0.1, 0.15) is 10.9 Å². The fourth-order valence-electron chi connectivity index (χ4n) is 5.05. The number of rotatable bonds is 7. The first-order valence-electron chi connectivity index (χ1n) is 10.9. The van der Waals surface area contributed by atoms with Crippen molar-refractivity contribution in [3.63, 3.8) is 0 Å². The average molecular weight is 520 g/mol. The maximum Gasteiger partial charge on any atom is 0.344 e. The zero-order chi connectivity index (χ0) is 23.5. The van der Waals surface area contributed by atoms with Gasteiger partial charge in [0, 0.05) is 11.7 Å². The molecule has 1 saturated carbocycles. The summed E-state index contributed by atoms with van der Waals surface area (Å²) < 4.78 is 11.2. The van der Waals surface area contributed by atoms with Gasteiger partial charge in [-0.1, -0.05) is 39.8 Å². The van der Waals surface area contributed by atoms with E-state index in [2.05, 4.69) is 67.1 Å². The van der Waals surface area contributed by atoms with E-state index in [4.69, 9.17) is 9.47 Å². The number of ether oxygens (including phenoxy) is 2. The van der Waals surface area contributed by atoms with E-state index in [-0.39, 0.29) is 6.61 Å². The molecule has 1 aliphatic carbocycles. The molecule has 0 bridgehead atoms. The van der Waals surface area contributed by atoms with Crippen molar-refractivity contribution in [1.29, 1.82) is 5.26 Å². The van der Waals surface area contributed by atoms with Crippen molar-refractivity contribution in [2.24, 2.45) is 10.8 Å². The van der Waals surface area contributed by atoms with E-state index in [9.17, 15) is 10.1 Å². The summed E-state index contributed by atoms with van der Waals surface area (Å²) in [6.07, 6.45) is 3.49. The highest BCUT2D eigenvalue weighted by molar-refractivity contribution is 9.10. The van der Waals surface area contributed by atoms with Gasteiger partial charge in [0.05, 0.1) is 16.0 Å². The molecule has 0 radical (unpaired) electrons. The Hall–Kier alpha value is -2.04. The molecular weight excluding hydrogens is 488 g/mol. The van der Waals surface area contributed by atoms with E-state index in [0.29, 0.717) is 38.6 Å². The van der Waals surface area contributed by atoms with Gasteiger partial charge in [-0.3, -0.25) is 0 Å². The Kier molecular flexibility index (Phi) is 7.57. The molecule has 1 aromatic heterocycles. The lowest BCUT2D eigenvalue weighted by Crippen LogP contribution is -2.40. The molecule has 3 rings (SSSR count). The number of carbonyl (C=O) groups is 1. The average Bonchev–Trinajstić information content (AvgIpc) is 3.00. The van der Waals surface area contributed by atoms with Crippen LogP contribution in [0.2, 0.25) is 0 Å². The van der Waals surface area contributed by atoms with Gasteiger partial charge in [0.15, 0.2) is 12.4 Å². The standard InChI is InChI=1S/C25H31BrN2O3S/c1-6-30-20(29)14-31-22-19(13-27)32-23(21(22)26)16-8-7-9-17(10-16)28-18-11-24(2,3)15-25(4,5)12-18/h7-10,18,28H,6,11-12,14-15H2,1-5H3. The predicted molar refractivity (Wildman–Crippen MR) is 133 cm³/mol. The summed E-state index contributed by atoms with van der Waals surface area (Å²) in [6, 6.07) is 10.8. The van der Waals surface area contributed by atoms with Crippen LogP contribution in [0, 0.1) is 22.2 Å². The van der Waals surface area contributed by atoms with Gasteiger partial charge in [-0.25, -0.2) is 4.79 Å². The molecule has 172 valence electrons. The lowest BCUT2D eigenvalue weighted by atomic mass is 9.63. The number of nitrogens with one attached hydrogen (secondary N) is 1. The van der Waals surface area contributed by atoms with E-state index in [1.54, 1.807) is 6.92 Å². The van der Waals surface area contributed by atoms with E-state index < -0.39 is 5.97 Å². The van der Waals surface area contributed by atoms with Gasteiger partial charge < -0.3 is 14.8 Å². The molecule has 7 heteroatoms. The van der Waals surface area contributed by atoms with Crippen molar-refractivity contribution in [2.45, 2.75) is 59.9 Å². The van der Waals surface area contributed by atoms with Gasteiger partial charge in [-0.2, -0.15) is 5.26 Å². The topological polar surface area (TPSA) is 71.3 Å². The molecule has 1 fully saturated rings. The lowest BCUT2D eigenvalue weighted by Gasteiger charge is -2.45. The minimum atomic E-state index is -0.458. The summed E-state index contributed by atoms with van der Waals surface area (Å²) in [5.41, 5.74) is 2.67. The van der Waals surface area contributed by atoms with Crippen LogP contribution in [0.1, 0.15) is 58.8 Å². The van der Waals surface area contributed by atoms with Crippen molar-refractivity contribution in [1.82, 2.24) is 0 Å². The third-order valence-corrected chi connectivity index (χ3v) is 7.74. The summed E-state index contributed by atoms with van der Waals surface area (Å²) in [5.74, 6) is -0.0738. The Labute approximate surface area is 203 Å². The van der Waals surface area contributed by atoms with Gasteiger partial charge in [-0.05, 0) is 70.6 Å². The number of hydrogen-bond donors (Lipinski definition) is 1. The van der Waals surface area contributed by atoms with Gasteiger partial charge >= 0.3 is 5.97 Å². The molecule has 1 heterocycles. The number of hydrogen-bond acceptors (Lipinski definition) is 6. The number of esters is 1. The second kappa shape index (κ2) is 9.84. The maximum atomic E-state index is 11.7. The molecule has 0 amide bonds. The van der Waals surface area contributed by atoms with E-state index in [0.717, 1.165) is 29.0 Å². The number of thiophene rings is 1. The quantitative estimate of drug-likeness (QED) is 0.399. The van der Waals surface area contributed by atoms with Crippen molar-refractivity contribution in [3.05, 3.63) is 33.6 Å². The summed E-state index contributed by atoms with van der Waals surface area (Å²) in [6.45, 7) is 11.2. The Morgan fingerprint density at radius 1 is 1.28 bits per heavy atom. The third kappa shape index (κ3) is 6.05.